The van der Waals surface area contributed by atoms with E-state index in [4.69, 9.17) is 0 Å². The van der Waals surface area contributed by atoms with Gasteiger partial charge in [0.15, 0.2) is 0 Å². The topological polar surface area (TPSA) is 29.9 Å². The summed E-state index contributed by atoms with van der Waals surface area (Å²) in [5.41, 5.74) is 1.19. The van der Waals surface area contributed by atoms with E-state index in [2.05, 4.69) is 28.0 Å². The maximum atomic E-state index is 4.46. The lowest BCUT2D eigenvalue weighted by atomic mass is 10.1. The fourth-order valence-electron chi connectivity index (χ4n) is 2.41. The van der Waals surface area contributed by atoms with Gasteiger partial charge in [-0.25, -0.2) is 4.98 Å². The summed E-state index contributed by atoms with van der Waals surface area (Å²) < 4.78 is 2.25. The van der Waals surface area contributed by atoms with E-state index < -0.39 is 0 Å². The van der Waals surface area contributed by atoms with E-state index in [9.17, 15) is 0 Å². The van der Waals surface area contributed by atoms with Crippen molar-refractivity contribution in [3.63, 3.8) is 0 Å². The van der Waals surface area contributed by atoms with Gasteiger partial charge in [0, 0.05) is 25.3 Å². The molecule has 0 amide bonds. The van der Waals surface area contributed by atoms with Crippen molar-refractivity contribution in [3.05, 3.63) is 18.2 Å². The van der Waals surface area contributed by atoms with E-state index >= 15 is 0 Å². The molecule has 1 aromatic rings. The minimum atomic E-state index is 0.772. The second-order valence-corrected chi connectivity index (χ2v) is 5.88. The molecule has 1 aliphatic carbocycles. The third-order valence-electron chi connectivity index (χ3n) is 3.86. The molecule has 0 saturated heterocycles. The van der Waals surface area contributed by atoms with Crippen molar-refractivity contribution in [1.82, 2.24) is 14.9 Å². The standard InChI is InChI=1S/C16H29N3/c1-2-3-4-5-6-7-8-11-19-13-16(18-14-19)12-17-15-9-10-15/h13-15,17H,2-12H2,1H3. The molecule has 0 bridgehead atoms. The van der Waals surface area contributed by atoms with Gasteiger partial charge in [0.05, 0.1) is 12.0 Å². The lowest BCUT2D eigenvalue weighted by Crippen LogP contribution is -2.15. The Labute approximate surface area is 117 Å². The molecular formula is C16H29N3. The molecule has 1 aliphatic rings. The molecule has 0 aliphatic heterocycles. The molecule has 1 fully saturated rings. The van der Waals surface area contributed by atoms with Gasteiger partial charge in [-0.3, -0.25) is 0 Å². The molecule has 108 valence electrons. The van der Waals surface area contributed by atoms with Gasteiger partial charge in [-0.1, -0.05) is 45.4 Å². The zero-order valence-corrected chi connectivity index (χ0v) is 12.4. The van der Waals surface area contributed by atoms with E-state index in [-0.39, 0.29) is 0 Å². The predicted octanol–water partition coefficient (Wildman–Crippen LogP) is 3.89. The second-order valence-electron chi connectivity index (χ2n) is 5.88. The highest BCUT2D eigenvalue weighted by Crippen LogP contribution is 2.19. The van der Waals surface area contributed by atoms with Crippen molar-refractivity contribution in [2.24, 2.45) is 0 Å². The molecule has 1 N–H and O–H groups in total. The SMILES string of the molecule is CCCCCCCCCn1cnc(CNC2CC2)c1. The van der Waals surface area contributed by atoms with Crippen molar-refractivity contribution < 1.29 is 0 Å². The van der Waals surface area contributed by atoms with Crippen LogP contribution in [-0.2, 0) is 13.1 Å². The van der Waals surface area contributed by atoms with Crippen LogP contribution in [0.4, 0.5) is 0 Å². The van der Waals surface area contributed by atoms with Crippen LogP contribution in [0.5, 0.6) is 0 Å². The third kappa shape index (κ3) is 6.24. The maximum absolute atomic E-state index is 4.46. The fourth-order valence-corrected chi connectivity index (χ4v) is 2.41. The number of nitrogens with zero attached hydrogens (tertiary/aromatic N) is 2. The summed E-state index contributed by atoms with van der Waals surface area (Å²) in [5.74, 6) is 0. The van der Waals surface area contributed by atoms with Crippen molar-refractivity contribution in [3.8, 4) is 0 Å². The zero-order chi connectivity index (χ0) is 13.3. The Hall–Kier alpha value is -0.830. The number of unbranched alkanes of at least 4 members (excludes halogenated alkanes) is 6. The van der Waals surface area contributed by atoms with Gasteiger partial charge >= 0.3 is 0 Å². The highest BCUT2D eigenvalue weighted by atomic mass is 15.1. The molecule has 1 aromatic heterocycles. The molecular weight excluding hydrogens is 234 g/mol. The van der Waals surface area contributed by atoms with Gasteiger partial charge in [-0.15, -0.1) is 0 Å². The molecule has 0 aromatic carbocycles. The largest absolute Gasteiger partial charge is 0.337 e. The van der Waals surface area contributed by atoms with Crippen LogP contribution in [0.2, 0.25) is 0 Å². The van der Waals surface area contributed by atoms with Gasteiger partial charge < -0.3 is 9.88 Å². The highest BCUT2D eigenvalue weighted by Gasteiger charge is 2.20. The Kier molecular flexibility index (Phi) is 6.42. The number of hydrogen-bond donors (Lipinski definition) is 1. The summed E-state index contributed by atoms with van der Waals surface area (Å²) in [6, 6.07) is 0.772. The molecule has 1 heterocycles. The van der Waals surface area contributed by atoms with E-state index in [1.54, 1.807) is 0 Å². The molecule has 19 heavy (non-hydrogen) atoms. The Morgan fingerprint density at radius 1 is 1.16 bits per heavy atom. The predicted molar refractivity (Wildman–Crippen MR) is 80.1 cm³/mol. The first-order chi connectivity index (χ1) is 9.38. The van der Waals surface area contributed by atoms with Crippen LogP contribution >= 0.6 is 0 Å². The third-order valence-corrected chi connectivity index (χ3v) is 3.86. The Morgan fingerprint density at radius 3 is 2.63 bits per heavy atom. The maximum Gasteiger partial charge on any atom is 0.0949 e. The number of hydrogen-bond acceptors (Lipinski definition) is 2. The van der Waals surface area contributed by atoms with E-state index in [1.807, 2.05) is 6.33 Å². The first kappa shape index (κ1) is 14.6. The smallest absolute Gasteiger partial charge is 0.0949 e. The average molecular weight is 263 g/mol. The minimum absolute atomic E-state index is 0.772. The monoisotopic (exact) mass is 263 g/mol. The number of rotatable bonds is 11. The zero-order valence-electron chi connectivity index (χ0n) is 12.4. The van der Waals surface area contributed by atoms with Gasteiger partial charge in [0.2, 0.25) is 0 Å². The van der Waals surface area contributed by atoms with Crippen LogP contribution in [0.3, 0.4) is 0 Å². The average Bonchev–Trinajstić information content (AvgIpc) is 3.15. The molecule has 0 spiro atoms. The lowest BCUT2D eigenvalue weighted by Gasteiger charge is -2.02. The van der Waals surface area contributed by atoms with E-state index in [0.717, 1.165) is 19.1 Å². The van der Waals surface area contributed by atoms with E-state index in [1.165, 1.54) is 63.5 Å². The number of imidazole rings is 1. The highest BCUT2D eigenvalue weighted by molar-refractivity contribution is 4.97. The van der Waals surface area contributed by atoms with Gasteiger partial charge in [0.25, 0.3) is 0 Å². The Morgan fingerprint density at radius 2 is 1.89 bits per heavy atom. The second kappa shape index (κ2) is 8.36. The summed E-state index contributed by atoms with van der Waals surface area (Å²) in [4.78, 5) is 4.46. The van der Waals surface area contributed by atoms with Crippen molar-refractivity contribution in [2.75, 3.05) is 0 Å². The normalized spacial score (nSPS) is 15.0. The number of nitrogens with one attached hydrogen (secondary N) is 1. The van der Waals surface area contributed by atoms with Crippen LogP contribution in [0.1, 0.15) is 70.4 Å². The minimum Gasteiger partial charge on any atom is -0.337 e. The molecule has 2 rings (SSSR count). The number of aromatic nitrogens is 2. The van der Waals surface area contributed by atoms with E-state index in [0.29, 0.717) is 0 Å². The summed E-state index contributed by atoms with van der Waals surface area (Å²) in [6.45, 7) is 4.34. The van der Waals surface area contributed by atoms with Crippen LogP contribution in [0, 0.1) is 0 Å². The van der Waals surface area contributed by atoms with Crippen molar-refractivity contribution in [1.29, 1.82) is 0 Å². The molecule has 3 nitrogen and oxygen atoms in total. The molecule has 0 radical (unpaired) electrons. The first-order valence-electron chi connectivity index (χ1n) is 8.12. The van der Waals surface area contributed by atoms with Crippen LogP contribution in [0.15, 0.2) is 12.5 Å². The van der Waals surface area contributed by atoms with Gasteiger partial charge in [-0.2, -0.15) is 0 Å². The first-order valence-corrected chi connectivity index (χ1v) is 8.12. The van der Waals surface area contributed by atoms with Crippen LogP contribution in [-0.4, -0.2) is 15.6 Å². The molecule has 1 saturated carbocycles. The molecule has 0 unspecified atom stereocenters. The Balaban J connectivity index is 1.50. The lowest BCUT2D eigenvalue weighted by molar-refractivity contribution is 0.549. The Bertz CT molecular complexity index is 342. The van der Waals surface area contributed by atoms with Crippen molar-refractivity contribution >= 4 is 0 Å². The number of aryl methyl sites for hydroxylation is 1. The van der Waals surface area contributed by atoms with Gasteiger partial charge in [-0.05, 0) is 19.3 Å². The van der Waals surface area contributed by atoms with Gasteiger partial charge in [0.1, 0.15) is 0 Å². The summed E-state index contributed by atoms with van der Waals surface area (Å²) in [5, 5.41) is 3.51. The fraction of sp³-hybridized carbons (Fsp3) is 0.812. The molecule has 0 atom stereocenters. The van der Waals surface area contributed by atoms with Crippen molar-refractivity contribution in [2.45, 2.75) is 83.8 Å². The quantitative estimate of drug-likeness (QED) is 0.614. The van der Waals surface area contributed by atoms with Crippen LogP contribution < -0.4 is 5.32 Å². The molecule has 3 heteroatoms. The van der Waals surface area contributed by atoms with Crippen LogP contribution in [0.25, 0.3) is 0 Å². The summed E-state index contributed by atoms with van der Waals surface area (Å²) in [6.07, 6.45) is 16.5. The summed E-state index contributed by atoms with van der Waals surface area (Å²) in [7, 11) is 0. The summed E-state index contributed by atoms with van der Waals surface area (Å²) >= 11 is 0.